The van der Waals surface area contributed by atoms with Crippen molar-refractivity contribution in [3.05, 3.63) is 113 Å². The molecule has 1 heterocycles. The van der Waals surface area contributed by atoms with Crippen molar-refractivity contribution < 1.29 is 13.2 Å². The van der Waals surface area contributed by atoms with E-state index in [4.69, 9.17) is 0 Å². The number of aromatic nitrogens is 2. The highest BCUT2D eigenvalue weighted by molar-refractivity contribution is 7.92. The molecule has 0 saturated carbocycles. The molecule has 1 N–H and O–H groups in total. The van der Waals surface area contributed by atoms with Crippen LogP contribution in [-0.2, 0) is 16.4 Å². The SMILES string of the molecule is CCc1ccc(-n2ccc(=O)c(C(=O)Nc3ccc(S(=O)(=O)N(C)c4ccccc4)cc3)n2)cc1. The molecule has 0 aliphatic carbocycles. The molecule has 35 heavy (non-hydrogen) atoms. The fraction of sp³-hybridized carbons (Fsp3) is 0.115. The normalized spacial score (nSPS) is 11.1. The van der Waals surface area contributed by atoms with Crippen LogP contribution >= 0.6 is 0 Å². The van der Waals surface area contributed by atoms with Gasteiger partial charge in [0, 0.05) is 25.0 Å². The number of nitrogens with zero attached hydrogens (tertiary/aromatic N) is 3. The van der Waals surface area contributed by atoms with Gasteiger partial charge in [-0.1, -0.05) is 37.3 Å². The third kappa shape index (κ3) is 5.15. The highest BCUT2D eigenvalue weighted by atomic mass is 32.2. The number of benzene rings is 3. The molecule has 0 unspecified atom stereocenters. The fourth-order valence-electron chi connectivity index (χ4n) is 3.43. The van der Waals surface area contributed by atoms with Gasteiger partial charge < -0.3 is 5.32 Å². The van der Waals surface area contributed by atoms with E-state index in [-0.39, 0.29) is 10.6 Å². The molecule has 0 bridgehead atoms. The second-order valence-corrected chi connectivity index (χ2v) is 9.75. The predicted molar refractivity (Wildman–Crippen MR) is 136 cm³/mol. The average molecular weight is 489 g/mol. The molecule has 0 spiro atoms. The lowest BCUT2D eigenvalue weighted by Gasteiger charge is -2.19. The van der Waals surface area contributed by atoms with Gasteiger partial charge in [0.05, 0.1) is 16.3 Å². The molecule has 4 aromatic rings. The fourth-order valence-corrected chi connectivity index (χ4v) is 4.62. The first-order chi connectivity index (χ1) is 16.8. The molecule has 4 rings (SSSR count). The van der Waals surface area contributed by atoms with Crippen LogP contribution in [0.4, 0.5) is 11.4 Å². The molecule has 1 aromatic heterocycles. The Labute approximate surface area is 203 Å². The molecular formula is C26H24N4O4S. The molecule has 178 valence electrons. The number of sulfonamides is 1. The summed E-state index contributed by atoms with van der Waals surface area (Å²) in [6.45, 7) is 2.05. The van der Waals surface area contributed by atoms with E-state index in [0.29, 0.717) is 17.1 Å². The molecule has 0 aliphatic rings. The lowest BCUT2D eigenvalue weighted by Crippen LogP contribution is -2.27. The summed E-state index contributed by atoms with van der Waals surface area (Å²) < 4.78 is 28.5. The van der Waals surface area contributed by atoms with E-state index in [1.54, 1.807) is 30.3 Å². The smallest absolute Gasteiger partial charge is 0.280 e. The Kier molecular flexibility index (Phi) is 6.79. The first-order valence-corrected chi connectivity index (χ1v) is 12.4. The van der Waals surface area contributed by atoms with Gasteiger partial charge >= 0.3 is 0 Å². The van der Waals surface area contributed by atoms with Gasteiger partial charge in [0.25, 0.3) is 15.9 Å². The van der Waals surface area contributed by atoms with Gasteiger partial charge in [0.2, 0.25) is 5.43 Å². The van der Waals surface area contributed by atoms with Crippen LogP contribution in [0.15, 0.2) is 101 Å². The van der Waals surface area contributed by atoms with E-state index in [1.807, 2.05) is 24.3 Å². The van der Waals surface area contributed by atoms with Gasteiger partial charge in [-0.15, -0.1) is 0 Å². The molecule has 9 heteroatoms. The lowest BCUT2D eigenvalue weighted by molar-refractivity contribution is 0.101. The summed E-state index contributed by atoms with van der Waals surface area (Å²) in [6.07, 6.45) is 2.40. The Hall–Kier alpha value is -4.24. The quantitative estimate of drug-likeness (QED) is 0.426. The number of hydrogen-bond donors (Lipinski definition) is 1. The van der Waals surface area contributed by atoms with Crippen LogP contribution in [0.1, 0.15) is 23.0 Å². The summed E-state index contributed by atoms with van der Waals surface area (Å²) in [5.41, 5.74) is 1.95. The monoisotopic (exact) mass is 488 g/mol. The first-order valence-electron chi connectivity index (χ1n) is 10.9. The van der Waals surface area contributed by atoms with E-state index < -0.39 is 21.4 Å². The van der Waals surface area contributed by atoms with Gasteiger partial charge in [0.15, 0.2) is 5.69 Å². The molecule has 0 aliphatic heterocycles. The van der Waals surface area contributed by atoms with Crippen molar-refractivity contribution in [3.8, 4) is 5.69 Å². The molecule has 8 nitrogen and oxygen atoms in total. The second-order valence-electron chi connectivity index (χ2n) is 7.78. The van der Waals surface area contributed by atoms with Gasteiger partial charge in [-0.2, -0.15) is 5.10 Å². The van der Waals surface area contributed by atoms with Crippen LogP contribution in [-0.4, -0.2) is 31.2 Å². The summed E-state index contributed by atoms with van der Waals surface area (Å²) in [4.78, 5) is 25.2. The van der Waals surface area contributed by atoms with Crippen LogP contribution in [0.3, 0.4) is 0 Å². The Morgan fingerprint density at radius 2 is 1.60 bits per heavy atom. The van der Waals surface area contributed by atoms with E-state index in [2.05, 4.69) is 17.3 Å². The van der Waals surface area contributed by atoms with E-state index in [1.165, 1.54) is 52.6 Å². The van der Waals surface area contributed by atoms with Crippen molar-refractivity contribution >= 4 is 27.3 Å². The Bertz CT molecular complexity index is 1500. The van der Waals surface area contributed by atoms with Gasteiger partial charge in [0.1, 0.15) is 0 Å². The van der Waals surface area contributed by atoms with Crippen molar-refractivity contribution in [2.75, 3.05) is 16.7 Å². The zero-order valence-corrected chi connectivity index (χ0v) is 20.1. The van der Waals surface area contributed by atoms with Crippen molar-refractivity contribution in [3.63, 3.8) is 0 Å². The number of amides is 1. The summed E-state index contributed by atoms with van der Waals surface area (Å²) in [7, 11) is -2.31. The van der Waals surface area contributed by atoms with Crippen LogP contribution in [0.5, 0.6) is 0 Å². The van der Waals surface area contributed by atoms with Gasteiger partial charge in [-0.05, 0) is 60.5 Å². The van der Waals surface area contributed by atoms with Gasteiger partial charge in [-0.25, -0.2) is 13.1 Å². The highest BCUT2D eigenvalue weighted by Gasteiger charge is 2.21. The Balaban J connectivity index is 1.53. The maximum Gasteiger partial charge on any atom is 0.280 e. The highest BCUT2D eigenvalue weighted by Crippen LogP contribution is 2.23. The zero-order valence-electron chi connectivity index (χ0n) is 19.3. The molecule has 0 saturated heterocycles. The van der Waals surface area contributed by atoms with Crippen LogP contribution < -0.4 is 15.1 Å². The second kappa shape index (κ2) is 9.94. The third-order valence-corrected chi connectivity index (χ3v) is 7.32. The lowest BCUT2D eigenvalue weighted by atomic mass is 10.1. The Morgan fingerprint density at radius 1 is 0.943 bits per heavy atom. The Morgan fingerprint density at radius 3 is 2.23 bits per heavy atom. The number of carbonyl (C=O) groups is 1. The van der Waals surface area contributed by atoms with Crippen molar-refractivity contribution in [2.24, 2.45) is 0 Å². The number of hydrogen-bond acceptors (Lipinski definition) is 5. The molecule has 0 atom stereocenters. The van der Waals surface area contributed by atoms with Crippen LogP contribution in [0.25, 0.3) is 5.69 Å². The summed E-state index contributed by atoms with van der Waals surface area (Å²) >= 11 is 0. The van der Waals surface area contributed by atoms with E-state index >= 15 is 0 Å². The minimum Gasteiger partial charge on any atom is -0.320 e. The third-order valence-electron chi connectivity index (χ3n) is 5.52. The maximum absolute atomic E-state index is 12.9. The van der Waals surface area contributed by atoms with Crippen molar-refractivity contribution in [2.45, 2.75) is 18.2 Å². The largest absolute Gasteiger partial charge is 0.320 e. The number of rotatable bonds is 7. The van der Waals surface area contributed by atoms with Crippen LogP contribution in [0.2, 0.25) is 0 Å². The molecule has 3 aromatic carbocycles. The van der Waals surface area contributed by atoms with E-state index in [0.717, 1.165) is 12.0 Å². The number of anilines is 2. The molecule has 0 fully saturated rings. The van der Waals surface area contributed by atoms with E-state index in [9.17, 15) is 18.0 Å². The zero-order chi connectivity index (χ0) is 25.0. The first kappa shape index (κ1) is 23.9. The van der Waals surface area contributed by atoms with Gasteiger partial charge in [-0.3, -0.25) is 13.9 Å². The van der Waals surface area contributed by atoms with Crippen LogP contribution in [0, 0.1) is 0 Å². The number of carbonyl (C=O) groups excluding carboxylic acids is 1. The minimum atomic E-state index is -3.78. The average Bonchev–Trinajstić information content (AvgIpc) is 2.89. The molecular weight excluding hydrogens is 464 g/mol. The molecule has 1 amide bonds. The molecule has 0 radical (unpaired) electrons. The number of aryl methyl sites for hydroxylation is 1. The number of para-hydroxylation sites is 1. The summed E-state index contributed by atoms with van der Waals surface area (Å²) in [5, 5.41) is 6.81. The summed E-state index contributed by atoms with van der Waals surface area (Å²) in [5.74, 6) is -0.688. The number of nitrogens with one attached hydrogen (secondary N) is 1. The topological polar surface area (TPSA) is 101 Å². The van der Waals surface area contributed by atoms with Crippen molar-refractivity contribution in [1.29, 1.82) is 0 Å². The predicted octanol–water partition coefficient (Wildman–Crippen LogP) is 3.87. The standard InChI is InChI=1S/C26H24N4O4S/c1-3-19-9-13-22(14-10-19)30-18-17-24(31)25(28-30)26(32)27-20-11-15-23(16-12-20)35(33,34)29(2)21-7-5-4-6-8-21/h4-18H,3H2,1-2H3,(H,27,32). The summed E-state index contributed by atoms with van der Waals surface area (Å²) in [6, 6.07) is 23.4. The maximum atomic E-state index is 12.9. The van der Waals surface area contributed by atoms with Crippen molar-refractivity contribution in [1.82, 2.24) is 9.78 Å². The minimum absolute atomic E-state index is 0.0672.